The lowest BCUT2D eigenvalue weighted by Gasteiger charge is -2.07. The number of aromatic nitrogens is 2. The Balaban J connectivity index is 2.83. The van der Waals surface area contributed by atoms with Crippen LogP contribution in [0.25, 0.3) is 0 Å². The molecule has 7 heteroatoms. The van der Waals surface area contributed by atoms with Crippen molar-refractivity contribution in [2.75, 3.05) is 0 Å². The van der Waals surface area contributed by atoms with Crippen molar-refractivity contribution in [2.24, 2.45) is 12.2 Å². The Kier molecular flexibility index (Phi) is 2.78. The van der Waals surface area contributed by atoms with Crippen molar-refractivity contribution < 1.29 is 18.4 Å². The van der Waals surface area contributed by atoms with Gasteiger partial charge in [-0.25, -0.2) is 4.98 Å². The molecule has 1 N–H and O–H groups in total. The van der Waals surface area contributed by atoms with E-state index in [0.29, 0.717) is 0 Å². The predicted octanol–water partition coefficient (Wildman–Crippen LogP) is 1.36. The van der Waals surface area contributed by atoms with Crippen LogP contribution in [0.4, 0.5) is 13.2 Å². The van der Waals surface area contributed by atoms with Crippen molar-refractivity contribution in [2.45, 2.75) is 12.6 Å². The number of imidazole rings is 1. The molecule has 0 radical (unpaired) electrons. The Morgan fingerprint density at radius 2 is 2.29 bits per heavy atom. The van der Waals surface area contributed by atoms with Crippen LogP contribution in [0.3, 0.4) is 0 Å². The molecule has 0 fully saturated rings. The van der Waals surface area contributed by atoms with Gasteiger partial charge in [-0.1, -0.05) is 5.16 Å². The molecule has 1 heterocycles. The quantitative estimate of drug-likeness (QED) is 0.452. The third kappa shape index (κ3) is 2.24. The first-order valence-electron chi connectivity index (χ1n) is 3.69. The highest BCUT2D eigenvalue weighted by Crippen LogP contribution is 2.19. The maximum atomic E-state index is 12.1. The minimum absolute atomic E-state index is 0.190. The maximum absolute atomic E-state index is 12.1. The van der Waals surface area contributed by atoms with Gasteiger partial charge in [0.15, 0.2) is 5.71 Å². The number of hydrogen-bond donors (Lipinski definition) is 1. The lowest BCUT2D eigenvalue weighted by molar-refractivity contribution is -0.0623. The second-order valence-corrected chi connectivity index (χ2v) is 2.68. The zero-order valence-electron chi connectivity index (χ0n) is 7.28. The van der Waals surface area contributed by atoms with E-state index in [1.54, 1.807) is 7.05 Å². The van der Waals surface area contributed by atoms with Crippen molar-refractivity contribution in [1.29, 1.82) is 0 Å². The van der Waals surface area contributed by atoms with Crippen molar-refractivity contribution in [3.63, 3.8) is 0 Å². The molecule has 1 rings (SSSR count). The summed E-state index contributed by atoms with van der Waals surface area (Å²) in [6.07, 6.45) is -2.27. The lowest BCUT2D eigenvalue weighted by atomic mass is 10.2. The third-order valence-corrected chi connectivity index (χ3v) is 1.69. The van der Waals surface area contributed by atoms with Gasteiger partial charge in [0, 0.05) is 19.4 Å². The fourth-order valence-electron chi connectivity index (χ4n) is 0.909. The number of hydrogen-bond acceptors (Lipinski definition) is 3. The molecule has 78 valence electrons. The van der Waals surface area contributed by atoms with Gasteiger partial charge in [-0.2, -0.15) is 13.2 Å². The normalized spacial score (nSPS) is 13.3. The molecule has 0 aromatic carbocycles. The van der Waals surface area contributed by atoms with Gasteiger partial charge >= 0.3 is 6.18 Å². The first-order valence-corrected chi connectivity index (χ1v) is 3.69. The smallest absolute Gasteiger partial charge is 0.411 e. The standard InChI is InChI=1S/C7H8F3N3O/c1-13-3-2-11-6(13)4-5(12-14)7(8,9)10/h2-3,14H,4H2,1H3/b12-5+. The zero-order chi connectivity index (χ0) is 10.8. The highest BCUT2D eigenvalue weighted by Gasteiger charge is 2.36. The minimum Gasteiger partial charge on any atom is -0.411 e. The van der Waals surface area contributed by atoms with Crippen molar-refractivity contribution >= 4 is 5.71 Å². The van der Waals surface area contributed by atoms with Crippen LogP contribution in [-0.2, 0) is 13.5 Å². The maximum Gasteiger partial charge on any atom is 0.433 e. The molecule has 0 aliphatic heterocycles. The van der Waals surface area contributed by atoms with Crippen LogP contribution in [0.2, 0.25) is 0 Å². The molecule has 0 aliphatic carbocycles. The molecular formula is C7H8F3N3O. The highest BCUT2D eigenvalue weighted by molar-refractivity contribution is 5.90. The SMILES string of the molecule is Cn1ccnc1C/C(=N\O)C(F)(F)F. The van der Waals surface area contributed by atoms with Crippen LogP contribution in [-0.4, -0.2) is 26.6 Å². The van der Waals surface area contributed by atoms with Crippen LogP contribution >= 0.6 is 0 Å². The summed E-state index contributed by atoms with van der Waals surface area (Å²) < 4.78 is 37.8. The van der Waals surface area contributed by atoms with Crippen LogP contribution in [0.5, 0.6) is 0 Å². The Hall–Kier alpha value is -1.53. The van der Waals surface area contributed by atoms with Gasteiger partial charge in [0.2, 0.25) is 0 Å². The topological polar surface area (TPSA) is 50.4 Å². The van der Waals surface area contributed by atoms with E-state index >= 15 is 0 Å². The number of alkyl halides is 3. The average molecular weight is 207 g/mol. The summed E-state index contributed by atoms with van der Waals surface area (Å²) in [5.74, 6) is 0.190. The first-order chi connectivity index (χ1) is 6.45. The van der Waals surface area contributed by atoms with E-state index in [-0.39, 0.29) is 5.82 Å². The number of halogens is 3. The van der Waals surface area contributed by atoms with Crippen molar-refractivity contribution in [3.8, 4) is 0 Å². The molecule has 4 nitrogen and oxygen atoms in total. The molecule has 0 saturated heterocycles. The summed E-state index contributed by atoms with van der Waals surface area (Å²) in [5, 5.41) is 10.4. The molecule has 0 atom stereocenters. The Labute approximate surface area is 77.7 Å². The summed E-state index contributed by atoms with van der Waals surface area (Å²) in [5.41, 5.74) is -1.26. The number of rotatable bonds is 2. The van der Waals surface area contributed by atoms with Gasteiger partial charge < -0.3 is 9.77 Å². The van der Waals surface area contributed by atoms with Crippen LogP contribution in [0.15, 0.2) is 17.5 Å². The molecule has 1 aromatic heterocycles. The minimum atomic E-state index is -4.62. The highest BCUT2D eigenvalue weighted by atomic mass is 19.4. The molecule has 0 bridgehead atoms. The number of nitrogens with zero attached hydrogens (tertiary/aromatic N) is 3. The second kappa shape index (κ2) is 3.69. The van der Waals surface area contributed by atoms with Crippen LogP contribution < -0.4 is 0 Å². The third-order valence-electron chi connectivity index (χ3n) is 1.69. The van der Waals surface area contributed by atoms with Gasteiger partial charge in [0.1, 0.15) is 5.82 Å². The van der Waals surface area contributed by atoms with Gasteiger partial charge in [0.05, 0.1) is 6.42 Å². The Morgan fingerprint density at radius 1 is 1.64 bits per heavy atom. The van der Waals surface area contributed by atoms with Gasteiger partial charge in [-0.05, 0) is 0 Å². The van der Waals surface area contributed by atoms with Crippen LogP contribution in [0.1, 0.15) is 5.82 Å². The molecule has 0 saturated carbocycles. The predicted molar refractivity (Wildman–Crippen MR) is 42.2 cm³/mol. The Morgan fingerprint density at radius 3 is 2.64 bits per heavy atom. The molecule has 0 aliphatic rings. The molecule has 1 aromatic rings. The second-order valence-electron chi connectivity index (χ2n) is 2.68. The monoisotopic (exact) mass is 207 g/mol. The van der Waals surface area contributed by atoms with Gasteiger partial charge in [0.25, 0.3) is 0 Å². The summed E-state index contributed by atoms with van der Waals surface area (Å²) in [6.45, 7) is 0. The summed E-state index contributed by atoms with van der Waals surface area (Å²) in [6, 6.07) is 0. The van der Waals surface area contributed by atoms with E-state index < -0.39 is 18.3 Å². The van der Waals surface area contributed by atoms with Crippen molar-refractivity contribution in [3.05, 3.63) is 18.2 Å². The summed E-state index contributed by atoms with van der Waals surface area (Å²) >= 11 is 0. The number of oxime groups is 1. The molecule has 0 amide bonds. The molecule has 14 heavy (non-hydrogen) atoms. The van der Waals surface area contributed by atoms with E-state index in [0.717, 1.165) is 0 Å². The van der Waals surface area contributed by atoms with E-state index in [9.17, 15) is 13.2 Å². The van der Waals surface area contributed by atoms with E-state index in [4.69, 9.17) is 5.21 Å². The lowest BCUT2D eigenvalue weighted by Crippen LogP contribution is -2.26. The van der Waals surface area contributed by atoms with E-state index in [1.807, 2.05) is 0 Å². The number of aryl methyl sites for hydroxylation is 1. The molecule has 0 unspecified atom stereocenters. The van der Waals surface area contributed by atoms with E-state index in [2.05, 4.69) is 10.1 Å². The average Bonchev–Trinajstić information content (AvgIpc) is 2.45. The molecular weight excluding hydrogens is 199 g/mol. The van der Waals surface area contributed by atoms with E-state index in [1.165, 1.54) is 17.0 Å². The largest absolute Gasteiger partial charge is 0.433 e. The fraction of sp³-hybridized carbons (Fsp3) is 0.429. The van der Waals surface area contributed by atoms with Gasteiger partial charge in [-0.3, -0.25) is 0 Å². The molecule has 0 spiro atoms. The van der Waals surface area contributed by atoms with Crippen molar-refractivity contribution in [1.82, 2.24) is 9.55 Å². The van der Waals surface area contributed by atoms with Gasteiger partial charge in [-0.15, -0.1) is 0 Å². The van der Waals surface area contributed by atoms with Crippen LogP contribution in [0, 0.1) is 0 Å². The fourth-order valence-corrected chi connectivity index (χ4v) is 0.909. The summed E-state index contributed by atoms with van der Waals surface area (Å²) in [7, 11) is 1.56. The zero-order valence-corrected chi connectivity index (χ0v) is 7.28. The Bertz CT molecular complexity index is 342. The first kappa shape index (κ1) is 10.6. The summed E-state index contributed by atoms with van der Waals surface area (Å²) in [4.78, 5) is 3.69.